The molecule has 7 heteroatoms. The van der Waals surface area contributed by atoms with Crippen LogP contribution >= 0.6 is 0 Å². The van der Waals surface area contributed by atoms with Crippen molar-refractivity contribution in [3.63, 3.8) is 0 Å². The van der Waals surface area contributed by atoms with Crippen molar-refractivity contribution in [2.45, 2.75) is 6.92 Å². The minimum absolute atomic E-state index is 0.214. The molecule has 1 heterocycles. The second-order valence-electron chi connectivity index (χ2n) is 6.40. The fraction of sp³-hybridized carbons (Fsp3) is 0.300. The van der Waals surface area contributed by atoms with Crippen molar-refractivity contribution in [1.29, 1.82) is 0 Å². The quantitative estimate of drug-likeness (QED) is 0.902. The molecule has 1 N–H and O–H groups in total. The topological polar surface area (TPSA) is 61.9 Å². The number of amides is 3. The van der Waals surface area contributed by atoms with Gasteiger partial charge in [-0.3, -0.25) is 4.79 Å². The molecule has 142 valence electrons. The molecule has 0 bridgehead atoms. The third kappa shape index (κ3) is 4.36. The number of nitrogens with one attached hydrogen (secondary N) is 1. The molecule has 1 saturated heterocycles. The van der Waals surface area contributed by atoms with Crippen LogP contribution in [0.2, 0.25) is 0 Å². The fourth-order valence-electron chi connectivity index (χ4n) is 2.90. The van der Waals surface area contributed by atoms with Crippen LogP contribution in [0.25, 0.3) is 0 Å². The van der Waals surface area contributed by atoms with Crippen LogP contribution in [0.4, 0.5) is 14.9 Å². The van der Waals surface area contributed by atoms with Crippen molar-refractivity contribution in [1.82, 2.24) is 9.80 Å². The first-order valence-corrected chi connectivity index (χ1v) is 8.73. The average Bonchev–Trinajstić information content (AvgIpc) is 2.70. The van der Waals surface area contributed by atoms with Crippen LogP contribution in [0.5, 0.6) is 5.75 Å². The van der Waals surface area contributed by atoms with Crippen LogP contribution in [-0.2, 0) is 0 Å². The Kier molecular flexibility index (Phi) is 5.59. The monoisotopic (exact) mass is 371 g/mol. The van der Waals surface area contributed by atoms with Gasteiger partial charge in [0.25, 0.3) is 5.91 Å². The lowest BCUT2D eigenvalue weighted by atomic mass is 10.1. The molecule has 1 aliphatic rings. The van der Waals surface area contributed by atoms with Gasteiger partial charge >= 0.3 is 6.03 Å². The van der Waals surface area contributed by atoms with E-state index in [1.807, 2.05) is 0 Å². The van der Waals surface area contributed by atoms with E-state index in [9.17, 15) is 14.0 Å². The molecular formula is C20H22FN3O3. The van der Waals surface area contributed by atoms with Crippen molar-refractivity contribution >= 4 is 17.6 Å². The number of piperazine rings is 1. The van der Waals surface area contributed by atoms with Gasteiger partial charge in [-0.1, -0.05) is 6.07 Å². The first-order chi connectivity index (χ1) is 13.0. The van der Waals surface area contributed by atoms with E-state index in [-0.39, 0.29) is 11.9 Å². The number of methoxy groups -OCH3 is 1. The third-order valence-electron chi connectivity index (χ3n) is 4.61. The molecule has 3 rings (SSSR count). The number of anilines is 1. The first-order valence-electron chi connectivity index (χ1n) is 8.73. The Hall–Kier alpha value is -3.09. The van der Waals surface area contributed by atoms with Crippen LogP contribution < -0.4 is 10.1 Å². The molecule has 0 spiro atoms. The number of hydrogen-bond donors (Lipinski definition) is 1. The van der Waals surface area contributed by atoms with E-state index in [1.165, 1.54) is 6.07 Å². The fourth-order valence-corrected chi connectivity index (χ4v) is 2.90. The largest absolute Gasteiger partial charge is 0.497 e. The Morgan fingerprint density at radius 1 is 1.00 bits per heavy atom. The van der Waals surface area contributed by atoms with Crippen molar-refractivity contribution in [3.8, 4) is 5.75 Å². The number of ether oxygens (including phenoxy) is 1. The average molecular weight is 371 g/mol. The third-order valence-corrected chi connectivity index (χ3v) is 4.61. The van der Waals surface area contributed by atoms with Crippen molar-refractivity contribution in [2.75, 3.05) is 38.6 Å². The molecule has 1 aliphatic heterocycles. The Morgan fingerprint density at radius 2 is 1.63 bits per heavy atom. The first kappa shape index (κ1) is 18.7. The minimum atomic E-state index is -0.390. The van der Waals surface area contributed by atoms with Crippen molar-refractivity contribution in [2.24, 2.45) is 0 Å². The van der Waals surface area contributed by atoms with Gasteiger partial charge in [-0.2, -0.15) is 0 Å². The van der Waals surface area contributed by atoms with Gasteiger partial charge in [-0.25, -0.2) is 9.18 Å². The zero-order valence-corrected chi connectivity index (χ0v) is 15.4. The summed E-state index contributed by atoms with van der Waals surface area (Å²) in [7, 11) is 1.58. The summed E-state index contributed by atoms with van der Waals surface area (Å²) >= 11 is 0. The zero-order chi connectivity index (χ0) is 19.4. The van der Waals surface area contributed by atoms with Gasteiger partial charge in [-0.05, 0) is 48.9 Å². The van der Waals surface area contributed by atoms with Crippen LogP contribution in [0, 0.1) is 12.7 Å². The molecule has 2 aromatic rings. The second-order valence-corrected chi connectivity index (χ2v) is 6.40. The van der Waals surface area contributed by atoms with Gasteiger partial charge in [0.2, 0.25) is 0 Å². The van der Waals surface area contributed by atoms with Crippen molar-refractivity contribution in [3.05, 3.63) is 59.4 Å². The lowest BCUT2D eigenvalue weighted by Crippen LogP contribution is -2.51. The summed E-state index contributed by atoms with van der Waals surface area (Å²) in [5, 5.41) is 2.83. The number of nitrogens with zero attached hydrogens (tertiary/aromatic N) is 2. The number of halogens is 1. The van der Waals surface area contributed by atoms with E-state index < -0.39 is 5.82 Å². The van der Waals surface area contributed by atoms with Crippen LogP contribution in [0.3, 0.4) is 0 Å². The molecule has 0 atom stereocenters. The van der Waals surface area contributed by atoms with Gasteiger partial charge in [0.05, 0.1) is 7.11 Å². The van der Waals surface area contributed by atoms with Crippen molar-refractivity contribution < 1.29 is 18.7 Å². The van der Waals surface area contributed by atoms with E-state index in [0.29, 0.717) is 48.7 Å². The summed E-state index contributed by atoms with van der Waals surface area (Å²) in [6.07, 6.45) is 0. The molecule has 3 amide bonds. The summed E-state index contributed by atoms with van der Waals surface area (Å²) in [4.78, 5) is 28.2. The number of urea groups is 1. The molecule has 0 aliphatic carbocycles. The predicted molar refractivity (Wildman–Crippen MR) is 101 cm³/mol. The maximum Gasteiger partial charge on any atom is 0.321 e. The van der Waals surface area contributed by atoms with E-state index in [1.54, 1.807) is 60.2 Å². The lowest BCUT2D eigenvalue weighted by molar-refractivity contribution is 0.0671. The molecule has 1 fully saturated rings. The Balaban J connectivity index is 1.55. The van der Waals surface area contributed by atoms with Crippen LogP contribution in [0.15, 0.2) is 42.5 Å². The minimum Gasteiger partial charge on any atom is -0.497 e. The highest BCUT2D eigenvalue weighted by molar-refractivity contribution is 5.94. The predicted octanol–water partition coefficient (Wildman–Crippen LogP) is 3.13. The van der Waals surface area contributed by atoms with E-state index in [4.69, 9.17) is 4.74 Å². The molecule has 0 aromatic heterocycles. The maximum atomic E-state index is 13.7. The molecule has 27 heavy (non-hydrogen) atoms. The number of rotatable bonds is 3. The highest BCUT2D eigenvalue weighted by atomic mass is 19.1. The van der Waals surface area contributed by atoms with Gasteiger partial charge in [-0.15, -0.1) is 0 Å². The number of benzene rings is 2. The number of aryl methyl sites for hydroxylation is 1. The van der Waals surface area contributed by atoms with Crippen LogP contribution in [-0.4, -0.2) is 55.0 Å². The number of carbonyl (C=O) groups excluding carboxylic acids is 2. The molecule has 0 radical (unpaired) electrons. The Labute approximate surface area is 157 Å². The summed E-state index contributed by atoms with van der Waals surface area (Å²) < 4.78 is 18.8. The van der Waals surface area contributed by atoms with Gasteiger partial charge in [0.15, 0.2) is 0 Å². The highest BCUT2D eigenvalue weighted by Crippen LogP contribution is 2.17. The smallest absolute Gasteiger partial charge is 0.321 e. The number of carbonyl (C=O) groups is 2. The summed E-state index contributed by atoms with van der Waals surface area (Å²) in [6.45, 7) is 3.31. The van der Waals surface area contributed by atoms with E-state index in [2.05, 4.69) is 5.32 Å². The SMILES string of the molecule is COc1ccc(NC(=O)N2CCN(C(=O)c3ccc(C)c(F)c3)CC2)cc1. The summed E-state index contributed by atoms with van der Waals surface area (Å²) in [5.41, 5.74) is 1.51. The van der Waals surface area contributed by atoms with Crippen LogP contribution in [0.1, 0.15) is 15.9 Å². The Bertz CT molecular complexity index is 831. The second kappa shape index (κ2) is 8.07. The van der Waals surface area contributed by atoms with Gasteiger partial charge < -0.3 is 19.9 Å². The lowest BCUT2D eigenvalue weighted by Gasteiger charge is -2.34. The maximum absolute atomic E-state index is 13.7. The highest BCUT2D eigenvalue weighted by Gasteiger charge is 2.25. The summed E-state index contributed by atoms with van der Waals surface area (Å²) in [5.74, 6) is 0.107. The standard InChI is InChI=1S/C20H22FN3O3/c1-14-3-4-15(13-18(14)21)19(25)23-9-11-24(12-10-23)20(26)22-16-5-7-17(27-2)8-6-16/h3-8,13H,9-12H2,1-2H3,(H,22,26). The normalized spacial score (nSPS) is 14.0. The zero-order valence-electron chi connectivity index (χ0n) is 15.4. The molecule has 0 saturated carbocycles. The van der Waals surface area contributed by atoms with Gasteiger partial charge in [0.1, 0.15) is 11.6 Å². The molecule has 6 nitrogen and oxygen atoms in total. The van der Waals surface area contributed by atoms with E-state index in [0.717, 1.165) is 0 Å². The number of hydrogen-bond acceptors (Lipinski definition) is 3. The molecule has 2 aromatic carbocycles. The molecular weight excluding hydrogens is 349 g/mol. The van der Waals surface area contributed by atoms with E-state index >= 15 is 0 Å². The molecule has 0 unspecified atom stereocenters. The Morgan fingerprint density at radius 3 is 2.22 bits per heavy atom. The van der Waals surface area contributed by atoms with Gasteiger partial charge in [0, 0.05) is 37.4 Å². The summed E-state index contributed by atoms with van der Waals surface area (Å²) in [6, 6.07) is 11.4.